The summed E-state index contributed by atoms with van der Waals surface area (Å²) in [6.07, 6.45) is 2.05. The molecule has 1 aliphatic heterocycles. The number of halogens is 3. The lowest BCUT2D eigenvalue weighted by atomic mass is 9.94. The van der Waals surface area contributed by atoms with Gasteiger partial charge in [0.1, 0.15) is 0 Å². The van der Waals surface area contributed by atoms with E-state index < -0.39 is 0 Å². The molecule has 0 N–H and O–H groups in total. The maximum absolute atomic E-state index is 12.4. The molecule has 1 unspecified atom stereocenters. The number of nitrogens with zero attached hydrogens (tertiary/aromatic N) is 1. The Labute approximate surface area is 132 Å². The van der Waals surface area contributed by atoms with E-state index in [9.17, 15) is 4.79 Å². The first kappa shape index (κ1) is 15.1. The Hall–Kier alpha value is -0.250. The Morgan fingerprint density at radius 2 is 2.00 bits per heavy atom. The van der Waals surface area contributed by atoms with Gasteiger partial charge in [-0.15, -0.1) is 0 Å². The zero-order valence-corrected chi connectivity index (χ0v) is 13.8. The van der Waals surface area contributed by atoms with Crippen LogP contribution < -0.4 is 0 Å². The lowest BCUT2D eigenvalue weighted by molar-refractivity contribution is 0.0691. The van der Waals surface area contributed by atoms with Crippen molar-refractivity contribution in [3.05, 3.63) is 33.8 Å². The smallest absolute Gasteiger partial charge is 0.255 e. The molecule has 1 aromatic rings. The number of likely N-dealkylation sites (tertiary alicyclic amines) is 1. The van der Waals surface area contributed by atoms with Crippen LogP contribution in [0.5, 0.6) is 0 Å². The fourth-order valence-electron chi connectivity index (χ4n) is 2.40. The van der Waals surface area contributed by atoms with Crippen LogP contribution in [0.2, 0.25) is 10.0 Å². The van der Waals surface area contributed by atoms with Gasteiger partial charge in [-0.05, 0) is 30.9 Å². The van der Waals surface area contributed by atoms with Crippen LogP contribution in [0.15, 0.2) is 18.2 Å². The molecule has 1 atom stereocenters. The Morgan fingerprint density at radius 1 is 1.37 bits per heavy atom. The number of benzene rings is 1. The van der Waals surface area contributed by atoms with Crippen molar-refractivity contribution in [2.24, 2.45) is 5.92 Å². The highest BCUT2D eigenvalue weighted by atomic mass is 79.9. The van der Waals surface area contributed by atoms with Crippen LogP contribution in [0.25, 0.3) is 0 Å². The van der Waals surface area contributed by atoms with Gasteiger partial charge in [-0.3, -0.25) is 4.79 Å². The summed E-state index contributed by atoms with van der Waals surface area (Å²) in [7, 11) is 0. The molecule has 19 heavy (non-hydrogen) atoms. The third kappa shape index (κ3) is 3.45. The van der Waals surface area contributed by atoms with Gasteiger partial charge in [0.15, 0.2) is 0 Å². The SMILES string of the molecule is CC(Br)C1CCN(C(=O)c2cccc(Cl)c2Cl)CC1. The minimum atomic E-state index is -0.0202. The van der Waals surface area contributed by atoms with E-state index >= 15 is 0 Å². The molecule has 2 rings (SSSR count). The Bertz CT molecular complexity index is 471. The van der Waals surface area contributed by atoms with Gasteiger partial charge < -0.3 is 4.90 Å². The predicted molar refractivity (Wildman–Crippen MR) is 83.5 cm³/mol. The number of hydrogen-bond acceptors (Lipinski definition) is 1. The summed E-state index contributed by atoms with van der Waals surface area (Å²) in [6.45, 7) is 3.72. The Morgan fingerprint density at radius 3 is 2.58 bits per heavy atom. The van der Waals surface area contributed by atoms with Crippen molar-refractivity contribution in [3.8, 4) is 0 Å². The van der Waals surface area contributed by atoms with Crippen molar-refractivity contribution >= 4 is 45.0 Å². The third-order valence-corrected chi connectivity index (χ3v) is 5.22. The van der Waals surface area contributed by atoms with Crippen molar-refractivity contribution in [2.75, 3.05) is 13.1 Å². The van der Waals surface area contributed by atoms with Gasteiger partial charge in [0, 0.05) is 17.9 Å². The van der Waals surface area contributed by atoms with Crippen LogP contribution in [-0.2, 0) is 0 Å². The largest absolute Gasteiger partial charge is 0.339 e. The third-order valence-electron chi connectivity index (χ3n) is 3.66. The first-order valence-corrected chi connectivity index (χ1v) is 8.05. The second-order valence-electron chi connectivity index (χ2n) is 4.91. The quantitative estimate of drug-likeness (QED) is 0.700. The van der Waals surface area contributed by atoms with E-state index in [0.717, 1.165) is 25.9 Å². The van der Waals surface area contributed by atoms with Crippen LogP contribution in [0.1, 0.15) is 30.1 Å². The van der Waals surface area contributed by atoms with E-state index in [1.807, 2.05) is 4.90 Å². The average molecular weight is 365 g/mol. The van der Waals surface area contributed by atoms with Gasteiger partial charge in [0.2, 0.25) is 0 Å². The Balaban J connectivity index is 2.07. The highest BCUT2D eigenvalue weighted by molar-refractivity contribution is 9.09. The number of hydrogen-bond donors (Lipinski definition) is 0. The van der Waals surface area contributed by atoms with Crippen molar-refractivity contribution in [1.82, 2.24) is 4.90 Å². The number of piperidine rings is 1. The Kier molecular flexibility index (Phi) is 5.15. The number of carbonyl (C=O) groups is 1. The lowest BCUT2D eigenvalue weighted by Gasteiger charge is -2.33. The molecule has 1 aliphatic rings. The molecule has 1 amide bonds. The molecule has 1 fully saturated rings. The van der Waals surface area contributed by atoms with Gasteiger partial charge in [-0.25, -0.2) is 0 Å². The number of carbonyl (C=O) groups excluding carboxylic acids is 1. The molecule has 1 saturated heterocycles. The molecule has 0 spiro atoms. The first-order chi connectivity index (χ1) is 9.00. The van der Waals surface area contributed by atoms with Crippen LogP contribution in [0.4, 0.5) is 0 Å². The predicted octanol–water partition coefficient (Wildman–Crippen LogP) is 4.63. The molecule has 1 heterocycles. The second kappa shape index (κ2) is 6.47. The summed E-state index contributed by atoms with van der Waals surface area (Å²) in [5.74, 6) is 0.618. The number of amides is 1. The molecule has 1 aromatic carbocycles. The second-order valence-corrected chi connectivity index (χ2v) is 7.14. The van der Waals surface area contributed by atoms with Gasteiger partial charge in [0.25, 0.3) is 5.91 Å². The molecule has 0 saturated carbocycles. The van der Waals surface area contributed by atoms with Gasteiger partial charge >= 0.3 is 0 Å². The standard InChI is InChI=1S/C14H16BrCl2NO/c1-9(15)10-5-7-18(8-6-10)14(19)11-3-2-4-12(16)13(11)17/h2-4,9-10H,5-8H2,1H3. The van der Waals surface area contributed by atoms with E-state index in [0.29, 0.717) is 26.4 Å². The maximum Gasteiger partial charge on any atom is 0.255 e. The number of rotatable bonds is 2. The highest BCUT2D eigenvalue weighted by Gasteiger charge is 2.27. The fraction of sp³-hybridized carbons (Fsp3) is 0.500. The molecular weight excluding hydrogens is 349 g/mol. The molecule has 104 valence electrons. The normalized spacial score (nSPS) is 18.4. The van der Waals surface area contributed by atoms with E-state index in [-0.39, 0.29) is 5.91 Å². The van der Waals surface area contributed by atoms with E-state index in [4.69, 9.17) is 23.2 Å². The van der Waals surface area contributed by atoms with Crippen LogP contribution in [0, 0.1) is 5.92 Å². The molecule has 2 nitrogen and oxygen atoms in total. The summed E-state index contributed by atoms with van der Waals surface area (Å²) in [5.41, 5.74) is 0.500. The van der Waals surface area contributed by atoms with Crippen LogP contribution >= 0.6 is 39.1 Å². The van der Waals surface area contributed by atoms with Crippen LogP contribution in [-0.4, -0.2) is 28.7 Å². The van der Waals surface area contributed by atoms with E-state index in [1.54, 1.807) is 18.2 Å². The summed E-state index contributed by atoms with van der Waals surface area (Å²) < 4.78 is 0. The van der Waals surface area contributed by atoms with Gasteiger partial charge in [0.05, 0.1) is 15.6 Å². The zero-order chi connectivity index (χ0) is 14.0. The molecule has 0 bridgehead atoms. The van der Waals surface area contributed by atoms with Gasteiger partial charge in [-0.2, -0.15) is 0 Å². The summed E-state index contributed by atoms with van der Waals surface area (Å²) in [4.78, 5) is 14.8. The van der Waals surface area contributed by atoms with E-state index in [1.165, 1.54) is 0 Å². The maximum atomic E-state index is 12.4. The fourth-order valence-corrected chi connectivity index (χ4v) is 3.31. The van der Waals surface area contributed by atoms with Crippen LogP contribution in [0.3, 0.4) is 0 Å². The molecule has 0 aromatic heterocycles. The lowest BCUT2D eigenvalue weighted by Crippen LogP contribution is -2.40. The molecule has 0 aliphatic carbocycles. The van der Waals surface area contributed by atoms with Crippen molar-refractivity contribution in [1.29, 1.82) is 0 Å². The van der Waals surface area contributed by atoms with Crippen molar-refractivity contribution in [3.63, 3.8) is 0 Å². The monoisotopic (exact) mass is 363 g/mol. The van der Waals surface area contributed by atoms with Crippen molar-refractivity contribution in [2.45, 2.75) is 24.6 Å². The number of alkyl halides is 1. The molecule has 0 radical (unpaired) electrons. The zero-order valence-electron chi connectivity index (χ0n) is 10.7. The minimum absolute atomic E-state index is 0.0202. The van der Waals surface area contributed by atoms with Gasteiger partial charge in [-0.1, -0.05) is 52.1 Å². The van der Waals surface area contributed by atoms with Crippen molar-refractivity contribution < 1.29 is 4.79 Å². The summed E-state index contributed by atoms with van der Waals surface area (Å²) >= 11 is 15.7. The van der Waals surface area contributed by atoms with E-state index in [2.05, 4.69) is 22.9 Å². The minimum Gasteiger partial charge on any atom is -0.339 e. The first-order valence-electron chi connectivity index (χ1n) is 6.38. The summed E-state index contributed by atoms with van der Waals surface area (Å²) in [5, 5.41) is 0.779. The summed E-state index contributed by atoms with van der Waals surface area (Å²) in [6, 6.07) is 5.18. The average Bonchev–Trinajstić information content (AvgIpc) is 2.41. The highest BCUT2D eigenvalue weighted by Crippen LogP contribution is 2.29. The topological polar surface area (TPSA) is 20.3 Å². The molecule has 5 heteroatoms. The molecular formula is C14H16BrCl2NO.